The standard InChI is InChI=1S/C10H20O3/c1-3-12-8-10(2,11)9-4-6-13-7-5-9/h9,11H,3-8H2,1-2H3. The first-order chi connectivity index (χ1) is 6.17. The quantitative estimate of drug-likeness (QED) is 0.720. The Morgan fingerprint density at radius 1 is 1.46 bits per heavy atom. The fraction of sp³-hybridized carbons (Fsp3) is 1.00. The van der Waals surface area contributed by atoms with Gasteiger partial charge in [0.15, 0.2) is 0 Å². The first-order valence-corrected chi connectivity index (χ1v) is 5.04. The Kier molecular flexibility index (Phi) is 4.16. The van der Waals surface area contributed by atoms with Crippen molar-refractivity contribution in [2.45, 2.75) is 32.3 Å². The van der Waals surface area contributed by atoms with E-state index >= 15 is 0 Å². The molecule has 0 spiro atoms. The van der Waals surface area contributed by atoms with Crippen LogP contribution in [0, 0.1) is 5.92 Å². The summed E-state index contributed by atoms with van der Waals surface area (Å²) in [6.07, 6.45) is 1.89. The summed E-state index contributed by atoms with van der Waals surface area (Å²) in [7, 11) is 0. The molecule has 13 heavy (non-hydrogen) atoms. The minimum Gasteiger partial charge on any atom is -0.387 e. The van der Waals surface area contributed by atoms with Crippen molar-refractivity contribution in [1.82, 2.24) is 0 Å². The van der Waals surface area contributed by atoms with Crippen LogP contribution in [0.4, 0.5) is 0 Å². The van der Waals surface area contributed by atoms with Crippen molar-refractivity contribution in [1.29, 1.82) is 0 Å². The maximum Gasteiger partial charge on any atom is 0.0881 e. The van der Waals surface area contributed by atoms with E-state index in [4.69, 9.17) is 9.47 Å². The van der Waals surface area contributed by atoms with Crippen LogP contribution in [-0.4, -0.2) is 37.1 Å². The molecule has 1 saturated heterocycles. The van der Waals surface area contributed by atoms with Crippen LogP contribution in [0.5, 0.6) is 0 Å². The molecule has 0 amide bonds. The molecule has 1 unspecified atom stereocenters. The number of rotatable bonds is 4. The van der Waals surface area contributed by atoms with Crippen molar-refractivity contribution < 1.29 is 14.6 Å². The van der Waals surface area contributed by atoms with Gasteiger partial charge >= 0.3 is 0 Å². The van der Waals surface area contributed by atoms with Gasteiger partial charge in [0.2, 0.25) is 0 Å². The molecule has 0 aromatic carbocycles. The van der Waals surface area contributed by atoms with Gasteiger partial charge in [0.1, 0.15) is 0 Å². The SMILES string of the molecule is CCOCC(C)(O)C1CCOCC1. The zero-order chi connectivity index (χ0) is 9.73. The van der Waals surface area contributed by atoms with Gasteiger partial charge in [-0.1, -0.05) is 0 Å². The van der Waals surface area contributed by atoms with E-state index < -0.39 is 5.60 Å². The molecule has 1 heterocycles. The van der Waals surface area contributed by atoms with E-state index in [9.17, 15) is 5.11 Å². The summed E-state index contributed by atoms with van der Waals surface area (Å²) < 4.78 is 10.5. The Bertz CT molecular complexity index is 139. The smallest absolute Gasteiger partial charge is 0.0881 e. The molecule has 0 aromatic heterocycles. The van der Waals surface area contributed by atoms with Gasteiger partial charge in [0, 0.05) is 19.8 Å². The van der Waals surface area contributed by atoms with Crippen molar-refractivity contribution >= 4 is 0 Å². The molecule has 1 fully saturated rings. The van der Waals surface area contributed by atoms with E-state index in [1.165, 1.54) is 0 Å². The van der Waals surface area contributed by atoms with Crippen molar-refractivity contribution in [2.75, 3.05) is 26.4 Å². The maximum absolute atomic E-state index is 10.1. The zero-order valence-corrected chi connectivity index (χ0v) is 8.58. The van der Waals surface area contributed by atoms with E-state index in [2.05, 4.69) is 0 Å². The molecule has 1 N–H and O–H groups in total. The van der Waals surface area contributed by atoms with Crippen LogP contribution in [0.3, 0.4) is 0 Å². The largest absolute Gasteiger partial charge is 0.387 e. The molecular weight excluding hydrogens is 168 g/mol. The van der Waals surface area contributed by atoms with Crippen molar-refractivity contribution in [3.63, 3.8) is 0 Å². The topological polar surface area (TPSA) is 38.7 Å². The van der Waals surface area contributed by atoms with Gasteiger partial charge in [-0.15, -0.1) is 0 Å². The Hall–Kier alpha value is -0.120. The second-order valence-corrected chi connectivity index (χ2v) is 3.88. The van der Waals surface area contributed by atoms with Gasteiger partial charge in [0.25, 0.3) is 0 Å². The van der Waals surface area contributed by atoms with Gasteiger partial charge in [-0.2, -0.15) is 0 Å². The average molecular weight is 188 g/mol. The third-order valence-corrected chi connectivity index (χ3v) is 2.70. The Labute approximate surface area is 80.0 Å². The fourth-order valence-corrected chi connectivity index (χ4v) is 1.75. The van der Waals surface area contributed by atoms with Crippen LogP contribution in [0.1, 0.15) is 26.7 Å². The molecule has 3 heteroatoms. The second kappa shape index (κ2) is 4.94. The Balaban J connectivity index is 2.36. The van der Waals surface area contributed by atoms with E-state index in [0.29, 0.717) is 19.1 Å². The summed E-state index contributed by atoms with van der Waals surface area (Å²) in [5.41, 5.74) is -0.681. The lowest BCUT2D eigenvalue weighted by atomic mass is 9.84. The average Bonchev–Trinajstić information content (AvgIpc) is 2.16. The van der Waals surface area contributed by atoms with Crippen LogP contribution in [-0.2, 0) is 9.47 Å². The van der Waals surface area contributed by atoms with E-state index in [-0.39, 0.29) is 0 Å². The summed E-state index contributed by atoms with van der Waals surface area (Å²) in [6, 6.07) is 0. The number of hydrogen-bond acceptors (Lipinski definition) is 3. The zero-order valence-electron chi connectivity index (χ0n) is 8.58. The first-order valence-electron chi connectivity index (χ1n) is 5.04. The van der Waals surface area contributed by atoms with Gasteiger partial charge in [-0.25, -0.2) is 0 Å². The molecular formula is C10H20O3. The van der Waals surface area contributed by atoms with Gasteiger partial charge < -0.3 is 14.6 Å². The second-order valence-electron chi connectivity index (χ2n) is 3.88. The van der Waals surface area contributed by atoms with Crippen LogP contribution in [0.25, 0.3) is 0 Å². The summed E-state index contributed by atoms with van der Waals surface area (Å²) in [5.74, 6) is 0.327. The highest BCUT2D eigenvalue weighted by molar-refractivity contribution is 4.83. The van der Waals surface area contributed by atoms with Crippen LogP contribution in [0.2, 0.25) is 0 Å². The van der Waals surface area contributed by atoms with Crippen molar-refractivity contribution in [3.8, 4) is 0 Å². The molecule has 1 atom stereocenters. The Morgan fingerprint density at radius 3 is 2.62 bits per heavy atom. The number of ether oxygens (including phenoxy) is 2. The summed E-state index contributed by atoms with van der Waals surface area (Å²) >= 11 is 0. The number of hydrogen-bond donors (Lipinski definition) is 1. The monoisotopic (exact) mass is 188 g/mol. The molecule has 1 rings (SSSR count). The Morgan fingerprint density at radius 2 is 2.08 bits per heavy atom. The fourth-order valence-electron chi connectivity index (χ4n) is 1.75. The first kappa shape index (κ1) is 11.0. The van der Waals surface area contributed by atoms with Gasteiger partial charge in [0.05, 0.1) is 12.2 Å². The van der Waals surface area contributed by atoms with Crippen molar-refractivity contribution in [3.05, 3.63) is 0 Å². The molecule has 78 valence electrons. The molecule has 0 bridgehead atoms. The minimum atomic E-state index is -0.681. The lowest BCUT2D eigenvalue weighted by Crippen LogP contribution is -2.42. The van der Waals surface area contributed by atoms with Crippen LogP contribution in [0.15, 0.2) is 0 Å². The molecule has 0 saturated carbocycles. The highest BCUT2D eigenvalue weighted by Gasteiger charge is 2.33. The minimum absolute atomic E-state index is 0.327. The normalized spacial score (nSPS) is 24.2. The lowest BCUT2D eigenvalue weighted by molar-refractivity contribution is -0.0976. The van der Waals surface area contributed by atoms with Gasteiger partial charge in [-0.3, -0.25) is 0 Å². The van der Waals surface area contributed by atoms with E-state index in [1.807, 2.05) is 13.8 Å². The van der Waals surface area contributed by atoms with Crippen LogP contribution < -0.4 is 0 Å². The predicted molar refractivity (Wildman–Crippen MR) is 50.7 cm³/mol. The van der Waals surface area contributed by atoms with Crippen LogP contribution >= 0.6 is 0 Å². The molecule has 1 aliphatic heterocycles. The lowest BCUT2D eigenvalue weighted by Gasteiger charge is -2.35. The molecule has 1 aliphatic rings. The molecule has 3 nitrogen and oxygen atoms in total. The van der Waals surface area contributed by atoms with E-state index in [1.54, 1.807) is 0 Å². The third kappa shape index (κ3) is 3.25. The highest BCUT2D eigenvalue weighted by atomic mass is 16.5. The third-order valence-electron chi connectivity index (χ3n) is 2.70. The summed E-state index contributed by atoms with van der Waals surface area (Å²) in [6.45, 7) is 6.45. The number of aliphatic hydroxyl groups is 1. The summed E-state index contributed by atoms with van der Waals surface area (Å²) in [5, 5.41) is 10.1. The highest BCUT2D eigenvalue weighted by Crippen LogP contribution is 2.27. The maximum atomic E-state index is 10.1. The molecule has 0 aliphatic carbocycles. The molecule has 0 radical (unpaired) electrons. The predicted octanol–water partition coefficient (Wildman–Crippen LogP) is 1.20. The molecule has 0 aromatic rings. The van der Waals surface area contributed by atoms with Crippen molar-refractivity contribution in [2.24, 2.45) is 5.92 Å². The van der Waals surface area contributed by atoms with Gasteiger partial charge in [-0.05, 0) is 32.6 Å². The van der Waals surface area contributed by atoms with E-state index in [0.717, 1.165) is 26.1 Å². The summed E-state index contributed by atoms with van der Waals surface area (Å²) in [4.78, 5) is 0.